The summed E-state index contributed by atoms with van der Waals surface area (Å²) in [5, 5.41) is 0.124. The number of rotatable bonds is 5. The molecule has 0 N–H and O–H groups in total. The van der Waals surface area contributed by atoms with Gasteiger partial charge in [-0.1, -0.05) is 34.6 Å². The minimum absolute atomic E-state index is 0.124. The molecule has 0 aromatic carbocycles. The number of carbonyl (C=O) groups is 1. The molecule has 0 radical (unpaired) electrons. The van der Waals surface area contributed by atoms with Crippen LogP contribution in [0.25, 0.3) is 0 Å². The lowest BCUT2D eigenvalue weighted by molar-refractivity contribution is -0.119. The van der Waals surface area contributed by atoms with Crippen molar-refractivity contribution >= 4 is 14.6 Å². The zero-order valence-electron chi connectivity index (χ0n) is 12.3. The standard InChI is InChI=1S/C14H26O2Si/c1-9-10-12(14(5,6)11-15)16-17(7,8)13(2,3)4/h1,11-12H,10H2,2-8H3. The Labute approximate surface area is 107 Å². The molecule has 1 unspecified atom stereocenters. The quantitative estimate of drug-likeness (QED) is 0.425. The molecular formula is C14H26O2Si. The van der Waals surface area contributed by atoms with E-state index in [0.717, 1.165) is 6.29 Å². The Hall–Kier alpha value is -0.593. The van der Waals surface area contributed by atoms with Crippen LogP contribution in [0.1, 0.15) is 41.0 Å². The molecule has 0 aliphatic heterocycles. The zero-order chi connectivity index (χ0) is 13.9. The molecular weight excluding hydrogens is 228 g/mol. The first-order valence-electron chi connectivity index (χ1n) is 6.05. The van der Waals surface area contributed by atoms with Crippen molar-refractivity contribution in [3.8, 4) is 12.3 Å². The minimum atomic E-state index is -1.89. The van der Waals surface area contributed by atoms with Crippen LogP contribution in [0.15, 0.2) is 0 Å². The second-order valence-electron chi connectivity index (χ2n) is 6.71. The molecule has 2 nitrogen and oxygen atoms in total. The lowest BCUT2D eigenvalue weighted by atomic mass is 9.87. The molecule has 0 bridgehead atoms. The Morgan fingerprint density at radius 3 is 2.06 bits per heavy atom. The summed E-state index contributed by atoms with van der Waals surface area (Å²) in [5.41, 5.74) is -0.526. The van der Waals surface area contributed by atoms with E-state index in [9.17, 15) is 4.79 Å². The molecule has 0 aromatic heterocycles. The number of hydrogen-bond acceptors (Lipinski definition) is 2. The lowest BCUT2D eigenvalue weighted by Crippen LogP contribution is -2.48. The second-order valence-corrected chi connectivity index (χ2v) is 11.5. The average molecular weight is 254 g/mol. The van der Waals surface area contributed by atoms with Gasteiger partial charge in [0.15, 0.2) is 8.32 Å². The van der Waals surface area contributed by atoms with Crippen molar-refractivity contribution in [3.63, 3.8) is 0 Å². The zero-order valence-corrected chi connectivity index (χ0v) is 13.3. The van der Waals surface area contributed by atoms with Gasteiger partial charge < -0.3 is 9.22 Å². The van der Waals surface area contributed by atoms with Gasteiger partial charge in [0.1, 0.15) is 6.29 Å². The third-order valence-electron chi connectivity index (χ3n) is 3.68. The summed E-state index contributed by atoms with van der Waals surface area (Å²) in [4.78, 5) is 11.1. The van der Waals surface area contributed by atoms with Crippen LogP contribution in [0.5, 0.6) is 0 Å². The van der Waals surface area contributed by atoms with Crippen molar-refractivity contribution < 1.29 is 9.22 Å². The first-order chi connectivity index (χ1) is 7.48. The van der Waals surface area contributed by atoms with Crippen LogP contribution in [0.3, 0.4) is 0 Å². The number of hydrogen-bond donors (Lipinski definition) is 0. The van der Waals surface area contributed by atoms with Crippen molar-refractivity contribution in [3.05, 3.63) is 0 Å². The Kier molecular flexibility index (Phi) is 5.18. The molecule has 1 atom stereocenters. The topological polar surface area (TPSA) is 26.3 Å². The summed E-state index contributed by atoms with van der Waals surface area (Å²) in [6.45, 7) is 14.7. The number of aldehydes is 1. The van der Waals surface area contributed by atoms with Crippen LogP contribution < -0.4 is 0 Å². The Bertz CT molecular complexity index is 305. The molecule has 0 saturated heterocycles. The fourth-order valence-electron chi connectivity index (χ4n) is 1.17. The van der Waals surface area contributed by atoms with E-state index in [1.54, 1.807) is 0 Å². The highest BCUT2D eigenvalue weighted by Gasteiger charge is 2.42. The van der Waals surface area contributed by atoms with Gasteiger partial charge in [0.05, 0.1) is 6.10 Å². The number of carbonyl (C=O) groups excluding carboxylic acids is 1. The molecule has 0 aromatic rings. The summed E-state index contributed by atoms with van der Waals surface area (Å²) >= 11 is 0. The second kappa shape index (κ2) is 5.37. The van der Waals surface area contributed by atoms with Gasteiger partial charge in [0.25, 0.3) is 0 Å². The maximum absolute atomic E-state index is 11.1. The van der Waals surface area contributed by atoms with E-state index in [1.165, 1.54) is 0 Å². The van der Waals surface area contributed by atoms with E-state index in [0.29, 0.717) is 6.42 Å². The monoisotopic (exact) mass is 254 g/mol. The Morgan fingerprint density at radius 2 is 1.76 bits per heavy atom. The summed E-state index contributed by atoms with van der Waals surface area (Å²) in [7, 11) is -1.89. The molecule has 0 saturated carbocycles. The highest BCUT2D eigenvalue weighted by atomic mass is 28.4. The van der Waals surface area contributed by atoms with E-state index >= 15 is 0 Å². The van der Waals surface area contributed by atoms with Crippen molar-refractivity contribution in [2.45, 2.75) is 65.3 Å². The number of terminal acetylenes is 1. The summed E-state index contributed by atoms with van der Waals surface area (Å²) in [5.74, 6) is 2.62. The van der Waals surface area contributed by atoms with Gasteiger partial charge in [-0.25, -0.2) is 0 Å². The first-order valence-corrected chi connectivity index (χ1v) is 8.96. The predicted octanol–water partition coefficient (Wildman–Crippen LogP) is 3.63. The van der Waals surface area contributed by atoms with Crippen molar-refractivity contribution in [1.82, 2.24) is 0 Å². The van der Waals surface area contributed by atoms with Gasteiger partial charge in [-0.3, -0.25) is 0 Å². The minimum Gasteiger partial charge on any atom is -0.412 e. The van der Waals surface area contributed by atoms with Gasteiger partial charge in [-0.05, 0) is 18.1 Å². The first kappa shape index (κ1) is 16.4. The van der Waals surface area contributed by atoms with Gasteiger partial charge in [0.2, 0.25) is 0 Å². The maximum Gasteiger partial charge on any atom is 0.192 e. The highest BCUT2D eigenvalue weighted by molar-refractivity contribution is 6.74. The van der Waals surface area contributed by atoms with Crippen LogP contribution in [-0.2, 0) is 9.22 Å². The van der Waals surface area contributed by atoms with Gasteiger partial charge in [-0.2, -0.15) is 0 Å². The molecule has 17 heavy (non-hydrogen) atoms. The lowest BCUT2D eigenvalue weighted by Gasteiger charge is -2.42. The SMILES string of the molecule is C#CCC(O[Si](C)(C)C(C)(C)C)C(C)(C)C=O. The molecule has 0 fully saturated rings. The van der Waals surface area contributed by atoms with E-state index < -0.39 is 13.7 Å². The molecule has 98 valence electrons. The molecule has 0 heterocycles. The fourth-order valence-corrected chi connectivity index (χ4v) is 2.62. The third kappa shape index (κ3) is 4.29. The molecule has 0 amide bonds. The van der Waals surface area contributed by atoms with E-state index in [1.807, 2.05) is 13.8 Å². The van der Waals surface area contributed by atoms with E-state index in [2.05, 4.69) is 39.8 Å². The van der Waals surface area contributed by atoms with Crippen LogP contribution in [-0.4, -0.2) is 20.7 Å². The molecule has 0 aliphatic carbocycles. The third-order valence-corrected chi connectivity index (χ3v) is 8.17. The van der Waals surface area contributed by atoms with Crippen LogP contribution in [0.2, 0.25) is 18.1 Å². The van der Waals surface area contributed by atoms with Gasteiger partial charge >= 0.3 is 0 Å². The highest BCUT2D eigenvalue weighted by Crippen LogP contribution is 2.39. The largest absolute Gasteiger partial charge is 0.412 e. The molecule has 0 spiro atoms. The van der Waals surface area contributed by atoms with E-state index in [4.69, 9.17) is 10.8 Å². The van der Waals surface area contributed by atoms with Crippen molar-refractivity contribution in [2.24, 2.45) is 5.41 Å². The maximum atomic E-state index is 11.1. The summed E-state index contributed by atoms with van der Waals surface area (Å²) in [6.07, 6.45) is 6.62. The summed E-state index contributed by atoms with van der Waals surface area (Å²) < 4.78 is 6.26. The van der Waals surface area contributed by atoms with Gasteiger partial charge in [0, 0.05) is 11.8 Å². The van der Waals surface area contributed by atoms with Crippen molar-refractivity contribution in [1.29, 1.82) is 0 Å². The Balaban J connectivity index is 5.04. The van der Waals surface area contributed by atoms with Crippen LogP contribution in [0.4, 0.5) is 0 Å². The molecule has 3 heteroatoms. The predicted molar refractivity (Wildman–Crippen MR) is 75.4 cm³/mol. The van der Waals surface area contributed by atoms with Crippen molar-refractivity contribution in [2.75, 3.05) is 0 Å². The van der Waals surface area contributed by atoms with E-state index in [-0.39, 0.29) is 11.1 Å². The smallest absolute Gasteiger partial charge is 0.192 e. The Morgan fingerprint density at radius 1 is 1.29 bits per heavy atom. The summed E-state index contributed by atoms with van der Waals surface area (Å²) in [6, 6.07) is 0. The molecule has 0 aliphatic rings. The average Bonchev–Trinajstić information content (AvgIpc) is 2.15. The normalized spacial score (nSPS) is 15.2. The van der Waals surface area contributed by atoms with Crippen LogP contribution >= 0.6 is 0 Å². The molecule has 0 rings (SSSR count). The fraction of sp³-hybridized carbons (Fsp3) is 0.786. The van der Waals surface area contributed by atoms with Gasteiger partial charge in [-0.15, -0.1) is 12.3 Å². The van der Waals surface area contributed by atoms with Crippen LogP contribution in [0, 0.1) is 17.8 Å².